The Balaban J connectivity index is 1.56. The van der Waals surface area contributed by atoms with Crippen molar-refractivity contribution in [2.24, 2.45) is 0 Å². The number of amides is 1. The molecule has 1 unspecified atom stereocenters. The minimum absolute atomic E-state index is 0.384. The molecule has 1 atom stereocenters. The molecule has 6 heteroatoms. The first-order valence-corrected chi connectivity index (χ1v) is 8.68. The SMILES string of the molecule is Cc1ccccc1NC(=O)C(C)OC(=O)C=Cc1ccc2c(c1)OCCO2. The van der Waals surface area contributed by atoms with Crippen molar-refractivity contribution in [2.45, 2.75) is 20.0 Å². The van der Waals surface area contributed by atoms with Crippen LogP contribution in [0.4, 0.5) is 5.69 Å². The standard InChI is InChI=1S/C21H21NO5/c1-14-5-3-4-6-17(14)22-21(24)15(2)27-20(23)10-8-16-7-9-18-19(13-16)26-12-11-25-18/h3-10,13,15H,11-12H2,1-2H3,(H,22,24). The van der Waals surface area contributed by atoms with Gasteiger partial charge < -0.3 is 19.5 Å². The maximum Gasteiger partial charge on any atom is 0.331 e. The van der Waals surface area contributed by atoms with Crippen molar-refractivity contribution in [3.63, 3.8) is 0 Å². The van der Waals surface area contributed by atoms with Gasteiger partial charge in [0.25, 0.3) is 5.91 Å². The molecular formula is C21H21NO5. The molecule has 1 aliphatic rings. The molecule has 1 amide bonds. The highest BCUT2D eigenvalue weighted by Crippen LogP contribution is 2.31. The lowest BCUT2D eigenvalue weighted by molar-refractivity contribution is -0.148. The highest BCUT2D eigenvalue weighted by Gasteiger charge is 2.17. The van der Waals surface area contributed by atoms with Crippen LogP contribution in [-0.4, -0.2) is 31.2 Å². The summed E-state index contributed by atoms with van der Waals surface area (Å²) in [5.41, 5.74) is 2.40. The number of fused-ring (bicyclic) bond motifs is 1. The highest BCUT2D eigenvalue weighted by molar-refractivity contribution is 5.97. The monoisotopic (exact) mass is 367 g/mol. The number of para-hydroxylation sites is 1. The van der Waals surface area contributed by atoms with Gasteiger partial charge in [-0.1, -0.05) is 24.3 Å². The van der Waals surface area contributed by atoms with Gasteiger partial charge in [0.1, 0.15) is 13.2 Å². The van der Waals surface area contributed by atoms with Crippen LogP contribution in [0.15, 0.2) is 48.5 Å². The molecule has 2 aromatic rings. The fraction of sp³-hybridized carbons (Fsp3) is 0.238. The van der Waals surface area contributed by atoms with Crippen LogP contribution < -0.4 is 14.8 Å². The quantitative estimate of drug-likeness (QED) is 0.648. The molecule has 0 aromatic heterocycles. The van der Waals surface area contributed by atoms with Crippen molar-refractivity contribution >= 4 is 23.6 Å². The number of benzene rings is 2. The first-order chi connectivity index (χ1) is 13.0. The van der Waals surface area contributed by atoms with Gasteiger partial charge in [0.15, 0.2) is 17.6 Å². The molecule has 2 aromatic carbocycles. The van der Waals surface area contributed by atoms with Gasteiger partial charge >= 0.3 is 5.97 Å². The molecule has 0 spiro atoms. The van der Waals surface area contributed by atoms with Crippen molar-refractivity contribution < 1.29 is 23.8 Å². The van der Waals surface area contributed by atoms with Gasteiger partial charge in [-0.15, -0.1) is 0 Å². The van der Waals surface area contributed by atoms with E-state index in [0.29, 0.717) is 30.4 Å². The molecule has 0 fully saturated rings. The Morgan fingerprint density at radius 3 is 2.63 bits per heavy atom. The van der Waals surface area contributed by atoms with Gasteiger partial charge in [0.05, 0.1) is 0 Å². The van der Waals surface area contributed by atoms with E-state index in [1.165, 1.54) is 13.0 Å². The largest absolute Gasteiger partial charge is 0.486 e. The predicted molar refractivity (Wildman–Crippen MR) is 102 cm³/mol. The van der Waals surface area contributed by atoms with Gasteiger partial charge in [0, 0.05) is 11.8 Å². The van der Waals surface area contributed by atoms with E-state index in [9.17, 15) is 9.59 Å². The molecule has 0 bridgehead atoms. The molecule has 1 N–H and O–H groups in total. The van der Waals surface area contributed by atoms with Crippen LogP contribution in [0.1, 0.15) is 18.1 Å². The van der Waals surface area contributed by atoms with Crippen LogP contribution in [0.3, 0.4) is 0 Å². The summed E-state index contributed by atoms with van der Waals surface area (Å²) in [6.45, 7) is 4.44. The summed E-state index contributed by atoms with van der Waals surface area (Å²) < 4.78 is 16.1. The second-order valence-electron chi connectivity index (χ2n) is 6.12. The number of carbonyl (C=O) groups excluding carboxylic acids is 2. The smallest absolute Gasteiger partial charge is 0.331 e. The van der Waals surface area contributed by atoms with E-state index in [2.05, 4.69) is 5.32 Å². The zero-order chi connectivity index (χ0) is 19.2. The molecule has 0 saturated carbocycles. The summed E-state index contributed by atoms with van der Waals surface area (Å²) in [5.74, 6) is 0.341. The molecule has 1 heterocycles. The maximum absolute atomic E-state index is 12.2. The third kappa shape index (κ3) is 4.88. The van der Waals surface area contributed by atoms with Gasteiger partial charge in [-0.3, -0.25) is 4.79 Å². The van der Waals surface area contributed by atoms with E-state index >= 15 is 0 Å². The summed E-state index contributed by atoms with van der Waals surface area (Å²) in [7, 11) is 0. The summed E-state index contributed by atoms with van der Waals surface area (Å²) in [5, 5.41) is 2.75. The molecule has 0 radical (unpaired) electrons. The highest BCUT2D eigenvalue weighted by atomic mass is 16.6. The number of hydrogen-bond acceptors (Lipinski definition) is 5. The lowest BCUT2D eigenvalue weighted by Crippen LogP contribution is -2.29. The summed E-state index contributed by atoms with van der Waals surface area (Å²) in [6, 6.07) is 12.8. The molecule has 1 aliphatic heterocycles. The number of hydrogen-bond donors (Lipinski definition) is 1. The number of nitrogens with one attached hydrogen (secondary N) is 1. The molecule has 0 saturated heterocycles. The van der Waals surface area contributed by atoms with E-state index in [4.69, 9.17) is 14.2 Å². The molecule has 27 heavy (non-hydrogen) atoms. The van der Waals surface area contributed by atoms with E-state index in [1.807, 2.05) is 31.2 Å². The topological polar surface area (TPSA) is 73.9 Å². The van der Waals surface area contributed by atoms with Crippen molar-refractivity contribution in [3.05, 3.63) is 59.7 Å². The van der Waals surface area contributed by atoms with Crippen LogP contribution in [0.5, 0.6) is 11.5 Å². The van der Waals surface area contributed by atoms with Crippen LogP contribution in [0, 0.1) is 6.92 Å². The van der Waals surface area contributed by atoms with E-state index in [0.717, 1.165) is 11.1 Å². The summed E-state index contributed by atoms with van der Waals surface area (Å²) >= 11 is 0. The fourth-order valence-corrected chi connectivity index (χ4v) is 2.54. The Bertz CT molecular complexity index is 875. The molecule has 0 aliphatic carbocycles. The van der Waals surface area contributed by atoms with Crippen LogP contribution >= 0.6 is 0 Å². The van der Waals surface area contributed by atoms with Crippen molar-refractivity contribution in [1.29, 1.82) is 0 Å². The molecule has 140 valence electrons. The Labute approximate surface area is 157 Å². The minimum Gasteiger partial charge on any atom is -0.486 e. The molecular weight excluding hydrogens is 346 g/mol. The van der Waals surface area contributed by atoms with Crippen molar-refractivity contribution in [3.8, 4) is 11.5 Å². The summed E-state index contributed by atoms with van der Waals surface area (Å²) in [4.78, 5) is 24.2. The summed E-state index contributed by atoms with van der Waals surface area (Å²) in [6.07, 6.45) is 1.97. The second-order valence-corrected chi connectivity index (χ2v) is 6.12. The first kappa shape index (κ1) is 18.5. The average molecular weight is 367 g/mol. The third-order valence-electron chi connectivity index (χ3n) is 4.04. The fourth-order valence-electron chi connectivity index (χ4n) is 2.54. The first-order valence-electron chi connectivity index (χ1n) is 8.68. The number of carbonyl (C=O) groups is 2. The van der Waals surface area contributed by atoms with Gasteiger partial charge in [-0.05, 0) is 49.2 Å². The van der Waals surface area contributed by atoms with E-state index in [-0.39, 0.29) is 5.91 Å². The number of esters is 1. The minimum atomic E-state index is -0.915. The van der Waals surface area contributed by atoms with Gasteiger partial charge in [0.2, 0.25) is 0 Å². The lowest BCUT2D eigenvalue weighted by Gasteiger charge is -2.18. The Morgan fingerprint density at radius 2 is 1.85 bits per heavy atom. The number of aryl methyl sites for hydroxylation is 1. The van der Waals surface area contributed by atoms with Crippen molar-refractivity contribution in [1.82, 2.24) is 0 Å². The molecule has 3 rings (SSSR count). The van der Waals surface area contributed by atoms with Crippen LogP contribution in [0.2, 0.25) is 0 Å². The van der Waals surface area contributed by atoms with Crippen LogP contribution in [0.25, 0.3) is 6.08 Å². The number of ether oxygens (including phenoxy) is 3. The number of rotatable bonds is 5. The average Bonchev–Trinajstić information content (AvgIpc) is 2.68. The Morgan fingerprint density at radius 1 is 1.11 bits per heavy atom. The maximum atomic E-state index is 12.2. The second kappa shape index (κ2) is 8.40. The normalized spacial score (nSPS) is 13.9. The van der Waals surface area contributed by atoms with Crippen LogP contribution in [-0.2, 0) is 14.3 Å². The van der Waals surface area contributed by atoms with Gasteiger partial charge in [-0.25, -0.2) is 4.79 Å². The number of anilines is 1. The van der Waals surface area contributed by atoms with Gasteiger partial charge in [-0.2, -0.15) is 0 Å². The van der Waals surface area contributed by atoms with Crippen molar-refractivity contribution in [2.75, 3.05) is 18.5 Å². The zero-order valence-electron chi connectivity index (χ0n) is 15.2. The van der Waals surface area contributed by atoms with E-state index in [1.54, 1.807) is 24.3 Å². The van der Waals surface area contributed by atoms with E-state index < -0.39 is 12.1 Å². The Hall–Kier alpha value is -3.28. The Kier molecular flexibility index (Phi) is 5.76. The molecule has 6 nitrogen and oxygen atoms in total. The predicted octanol–water partition coefficient (Wildman–Crippen LogP) is 3.35. The lowest BCUT2D eigenvalue weighted by atomic mass is 10.2. The third-order valence-corrected chi connectivity index (χ3v) is 4.04. The zero-order valence-corrected chi connectivity index (χ0v) is 15.2.